The quantitative estimate of drug-likeness (QED) is 0.855. The van der Waals surface area contributed by atoms with Gasteiger partial charge in [0.1, 0.15) is 5.82 Å². The second-order valence-corrected chi connectivity index (χ2v) is 7.31. The Morgan fingerprint density at radius 1 is 1.32 bits per heavy atom. The number of amides is 1. The number of hydrogen-bond acceptors (Lipinski definition) is 3. The van der Waals surface area contributed by atoms with Crippen molar-refractivity contribution in [2.24, 2.45) is 5.92 Å². The molecular weight excluding hydrogens is 346 g/mol. The van der Waals surface area contributed by atoms with Gasteiger partial charge in [-0.15, -0.1) is 0 Å². The van der Waals surface area contributed by atoms with E-state index in [2.05, 4.69) is 31.1 Å². The molecule has 3 rings (SSSR count). The molecule has 5 nitrogen and oxygen atoms in total. The molecule has 1 saturated heterocycles. The maximum Gasteiger partial charge on any atom is 0.405 e. The molecule has 0 unspecified atom stereocenters. The first-order valence-corrected chi connectivity index (χ1v) is 8.76. The number of rotatable bonds is 3. The minimum Gasteiger partial charge on any atom is -0.465 e. The van der Waals surface area contributed by atoms with E-state index in [4.69, 9.17) is 0 Å². The van der Waals surface area contributed by atoms with Crippen LogP contribution >= 0.6 is 15.9 Å². The predicted molar refractivity (Wildman–Crippen MR) is 89.2 cm³/mol. The lowest BCUT2D eigenvalue weighted by atomic mass is 9.76. The Balaban J connectivity index is 1.65. The lowest BCUT2D eigenvalue weighted by Gasteiger charge is -2.43. The summed E-state index contributed by atoms with van der Waals surface area (Å²) in [4.78, 5) is 17.9. The summed E-state index contributed by atoms with van der Waals surface area (Å²) >= 11 is 3.41. The van der Waals surface area contributed by atoms with Crippen LogP contribution in [0.25, 0.3) is 0 Å². The molecule has 2 heterocycles. The first-order valence-electron chi connectivity index (χ1n) is 7.97. The van der Waals surface area contributed by atoms with Crippen LogP contribution in [0.15, 0.2) is 22.8 Å². The van der Waals surface area contributed by atoms with E-state index in [1.165, 1.54) is 0 Å². The van der Waals surface area contributed by atoms with Crippen LogP contribution in [0.5, 0.6) is 0 Å². The van der Waals surface area contributed by atoms with Crippen LogP contribution in [0.4, 0.5) is 10.6 Å². The summed E-state index contributed by atoms with van der Waals surface area (Å²) < 4.78 is 0.988. The van der Waals surface area contributed by atoms with Crippen molar-refractivity contribution in [3.05, 3.63) is 22.8 Å². The summed E-state index contributed by atoms with van der Waals surface area (Å²) in [5.74, 6) is 1.45. The van der Waals surface area contributed by atoms with E-state index in [1.807, 2.05) is 18.3 Å². The van der Waals surface area contributed by atoms with Crippen molar-refractivity contribution in [2.45, 2.75) is 44.1 Å². The van der Waals surface area contributed by atoms with Crippen LogP contribution in [0, 0.1) is 5.92 Å². The van der Waals surface area contributed by atoms with Crippen LogP contribution in [-0.4, -0.2) is 34.8 Å². The predicted octanol–water partition coefficient (Wildman–Crippen LogP) is 3.64. The lowest BCUT2D eigenvalue weighted by Crippen LogP contribution is -2.54. The Kier molecular flexibility index (Phi) is 4.57. The van der Waals surface area contributed by atoms with Crippen molar-refractivity contribution in [3.63, 3.8) is 0 Å². The standard InChI is InChI=1S/C16H22BrN3O2/c17-13-3-4-14(18-11-13)20-9-5-12(6-10-20)16(19-15(21)22)7-1-2-8-16/h3-4,11-12,19H,1-2,5-10H2,(H,21,22). The molecule has 1 saturated carbocycles. The molecule has 2 N–H and O–H groups in total. The summed E-state index contributed by atoms with van der Waals surface area (Å²) in [6.45, 7) is 1.89. The zero-order valence-electron chi connectivity index (χ0n) is 12.6. The molecular formula is C16H22BrN3O2. The van der Waals surface area contributed by atoms with Gasteiger partial charge in [0.25, 0.3) is 0 Å². The van der Waals surface area contributed by atoms with E-state index in [0.717, 1.165) is 61.9 Å². The van der Waals surface area contributed by atoms with Gasteiger partial charge in [-0.05, 0) is 59.7 Å². The normalized spacial score (nSPS) is 21.8. The van der Waals surface area contributed by atoms with E-state index in [9.17, 15) is 9.90 Å². The Labute approximate surface area is 139 Å². The van der Waals surface area contributed by atoms with Crippen LogP contribution in [0.1, 0.15) is 38.5 Å². The lowest BCUT2D eigenvalue weighted by molar-refractivity contribution is 0.144. The van der Waals surface area contributed by atoms with E-state index in [1.54, 1.807) is 0 Å². The SMILES string of the molecule is O=C(O)NC1(C2CCN(c3ccc(Br)cn3)CC2)CCCC1. The first-order chi connectivity index (χ1) is 10.6. The van der Waals surface area contributed by atoms with E-state index in [0.29, 0.717) is 5.92 Å². The molecule has 1 aliphatic carbocycles. The van der Waals surface area contributed by atoms with E-state index in [-0.39, 0.29) is 5.54 Å². The fraction of sp³-hybridized carbons (Fsp3) is 0.625. The molecule has 2 aliphatic rings. The van der Waals surface area contributed by atoms with Crippen LogP contribution in [-0.2, 0) is 0 Å². The number of hydrogen-bond donors (Lipinski definition) is 2. The number of aromatic nitrogens is 1. The summed E-state index contributed by atoms with van der Waals surface area (Å²) in [6.07, 6.45) is 7.24. The summed E-state index contributed by atoms with van der Waals surface area (Å²) in [6, 6.07) is 4.05. The van der Waals surface area contributed by atoms with Gasteiger partial charge in [0, 0.05) is 29.3 Å². The van der Waals surface area contributed by atoms with Gasteiger partial charge in [-0.25, -0.2) is 9.78 Å². The second-order valence-electron chi connectivity index (χ2n) is 6.39. The highest BCUT2D eigenvalue weighted by Gasteiger charge is 2.43. The number of carbonyl (C=O) groups is 1. The van der Waals surface area contributed by atoms with Gasteiger partial charge in [-0.2, -0.15) is 0 Å². The minimum atomic E-state index is -0.876. The molecule has 6 heteroatoms. The zero-order valence-corrected chi connectivity index (χ0v) is 14.2. The minimum absolute atomic E-state index is 0.189. The smallest absolute Gasteiger partial charge is 0.405 e. The number of nitrogens with zero attached hydrogens (tertiary/aromatic N) is 2. The highest BCUT2D eigenvalue weighted by molar-refractivity contribution is 9.10. The average molecular weight is 368 g/mol. The van der Waals surface area contributed by atoms with Gasteiger partial charge < -0.3 is 15.3 Å². The molecule has 0 spiro atoms. The summed E-state index contributed by atoms with van der Waals surface area (Å²) in [7, 11) is 0. The van der Waals surface area contributed by atoms with Gasteiger partial charge in [0.15, 0.2) is 0 Å². The zero-order chi connectivity index (χ0) is 15.6. The maximum absolute atomic E-state index is 11.2. The molecule has 1 amide bonds. The van der Waals surface area contributed by atoms with Gasteiger partial charge in [-0.1, -0.05) is 12.8 Å². The van der Waals surface area contributed by atoms with Crippen molar-refractivity contribution in [3.8, 4) is 0 Å². The fourth-order valence-corrected chi connectivity index (χ4v) is 4.30. The molecule has 0 radical (unpaired) electrons. The highest BCUT2D eigenvalue weighted by Crippen LogP contribution is 2.41. The van der Waals surface area contributed by atoms with Crippen molar-refractivity contribution >= 4 is 27.8 Å². The molecule has 1 aliphatic heterocycles. The summed E-state index contributed by atoms with van der Waals surface area (Å²) in [5, 5.41) is 12.1. The van der Waals surface area contributed by atoms with Gasteiger partial charge in [0.2, 0.25) is 0 Å². The molecule has 120 valence electrons. The maximum atomic E-state index is 11.2. The van der Waals surface area contributed by atoms with Gasteiger partial charge in [-0.3, -0.25) is 0 Å². The molecule has 0 atom stereocenters. The molecule has 0 aromatic carbocycles. The Hall–Kier alpha value is -1.30. The third kappa shape index (κ3) is 3.21. The fourth-order valence-electron chi connectivity index (χ4n) is 4.07. The third-order valence-electron chi connectivity index (χ3n) is 5.16. The van der Waals surface area contributed by atoms with Crippen molar-refractivity contribution in [2.75, 3.05) is 18.0 Å². The first kappa shape index (κ1) is 15.6. The average Bonchev–Trinajstić information content (AvgIpc) is 2.97. The molecule has 22 heavy (non-hydrogen) atoms. The largest absolute Gasteiger partial charge is 0.465 e. The van der Waals surface area contributed by atoms with E-state index < -0.39 is 6.09 Å². The number of halogens is 1. The number of nitrogens with one attached hydrogen (secondary N) is 1. The molecule has 1 aromatic rings. The van der Waals surface area contributed by atoms with Crippen LogP contribution in [0.2, 0.25) is 0 Å². The topological polar surface area (TPSA) is 65.5 Å². The Bertz CT molecular complexity index is 521. The van der Waals surface area contributed by atoms with Crippen molar-refractivity contribution in [1.29, 1.82) is 0 Å². The molecule has 0 bridgehead atoms. The van der Waals surface area contributed by atoms with Crippen LogP contribution < -0.4 is 10.2 Å². The number of piperidine rings is 1. The molecule has 2 fully saturated rings. The number of pyridine rings is 1. The number of carboxylic acid groups (broad SMARTS) is 1. The number of anilines is 1. The second kappa shape index (κ2) is 6.44. The van der Waals surface area contributed by atoms with Crippen molar-refractivity contribution < 1.29 is 9.90 Å². The highest BCUT2D eigenvalue weighted by atomic mass is 79.9. The van der Waals surface area contributed by atoms with Crippen molar-refractivity contribution in [1.82, 2.24) is 10.3 Å². The van der Waals surface area contributed by atoms with Gasteiger partial charge >= 0.3 is 6.09 Å². The van der Waals surface area contributed by atoms with Crippen LogP contribution in [0.3, 0.4) is 0 Å². The van der Waals surface area contributed by atoms with Gasteiger partial charge in [0.05, 0.1) is 0 Å². The Morgan fingerprint density at radius 3 is 2.55 bits per heavy atom. The molecule has 1 aromatic heterocycles. The summed E-state index contributed by atoms with van der Waals surface area (Å²) in [5.41, 5.74) is -0.189. The third-order valence-corrected chi connectivity index (χ3v) is 5.63. The Morgan fingerprint density at radius 2 is 2.00 bits per heavy atom. The van der Waals surface area contributed by atoms with E-state index >= 15 is 0 Å². The monoisotopic (exact) mass is 367 g/mol.